The van der Waals surface area contributed by atoms with E-state index in [0.717, 1.165) is 5.69 Å². The molecule has 0 aliphatic carbocycles. The Morgan fingerprint density at radius 2 is 2.29 bits per heavy atom. The van der Waals surface area contributed by atoms with Gasteiger partial charge in [-0.05, 0) is 54.1 Å². The van der Waals surface area contributed by atoms with Crippen molar-refractivity contribution in [2.24, 2.45) is 10.7 Å². The van der Waals surface area contributed by atoms with Gasteiger partial charge in [-0.2, -0.15) is 0 Å². The van der Waals surface area contributed by atoms with Crippen LogP contribution in [0, 0.1) is 10.5 Å². The van der Waals surface area contributed by atoms with Gasteiger partial charge in [0.05, 0.1) is 0 Å². The molecule has 0 aliphatic heterocycles. The Morgan fingerprint density at radius 3 is 2.93 bits per heavy atom. The molecular weight excluding hydrogens is 289 g/mol. The summed E-state index contributed by atoms with van der Waals surface area (Å²) in [5, 5.41) is 3.07. The quantitative estimate of drug-likeness (QED) is 0.500. The smallest absolute Gasteiger partial charge is 0.193 e. The van der Waals surface area contributed by atoms with Gasteiger partial charge in [-0.15, -0.1) is 0 Å². The molecule has 76 valence electrons. The number of benzene rings is 1. The van der Waals surface area contributed by atoms with E-state index in [-0.39, 0.29) is 0 Å². The molecule has 0 radical (unpaired) electrons. The van der Waals surface area contributed by atoms with E-state index in [1.54, 1.807) is 0 Å². The first-order valence-corrected chi connectivity index (χ1v) is 5.54. The van der Waals surface area contributed by atoms with Crippen LogP contribution in [0.5, 0.6) is 0 Å². The van der Waals surface area contributed by atoms with Crippen LogP contribution < -0.4 is 11.1 Å². The van der Waals surface area contributed by atoms with Gasteiger partial charge in [-0.25, -0.2) is 0 Å². The highest BCUT2D eigenvalue weighted by Gasteiger charge is 1.99. The third kappa shape index (κ3) is 3.17. The van der Waals surface area contributed by atoms with Crippen molar-refractivity contribution in [3.63, 3.8) is 0 Å². The number of aliphatic imine (C=N–C) groups is 1. The molecule has 3 N–H and O–H groups in total. The lowest BCUT2D eigenvalue weighted by molar-refractivity contribution is 1.12. The minimum absolute atomic E-state index is 0.470. The van der Waals surface area contributed by atoms with Gasteiger partial charge in [-0.1, -0.05) is 6.07 Å². The second-order valence-electron chi connectivity index (χ2n) is 2.94. The number of aryl methyl sites for hydroxylation is 1. The summed E-state index contributed by atoms with van der Waals surface area (Å²) in [7, 11) is 0. The van der Waals surface area contributed by atoms with Crippen LogP contribution in [0.3, 0.4) is 0 Å². The topological polar surface area (TPSA) is 50.4 Å². The molecule has 1 aromatic carbocycles. The summed E-state index contributed by atoms with van der Waals surface area (Å²) in [4.78, 5) is 4.07. The molecule has 0 atom stereocenters. The number of halogens is 1. The molecule has 0 fully saturated rings. The molecule has 1 aromatic rings. The van der Waals surface area contributed by atoms with E-state index in [2.05, 4.69) is 45.0 Å². The second-order valence-corrected chi connectivity index (χ2v) is 4.19. The van der Waals surface area contributed by atoms with Crippen molar-refractivity contribution in [2.45, 2.75) is 13.8 Å². The molecule has 0 amide bonds. The summed E-state index contributed by atoms with van der Waals surface area (Å²) < 4.78 is 1.18. The minimum atomic E-state index is 0.470. The van der Waals surface area contributed by atoms with Crippen LogP contribution in [-0.4, -0.2) is 12.5 Å². The molecule has 0 saturated heterocycles. The first-order chi connectivity index (χ1) is 6.63. The lowest BCUT2D eigenvalue weighted by Gasteiger charge is -2.08. The lowest BCUT2D eigenvalue weighted by atomic mass is 10.2. The molecule has 0 aliphatic rings. The summed E-state index contributed by atoms with van der Waals surface area (Å²) in [6.45, 7) is 4.69. The summed E-state index contributed by atoms with van der Waals surface area (Å²) in [6, 6.07) is 6.17. The molecule has 0 heterocycles. The Bertz CT molecular complexity index is 347. The number of hydrogen-bond donors (Lipinski definition) is 2. The van der Waals surface area contributed by atoms with E-state index in [9.17, 15) is 0 Å². The van der Waals surface area contributed by atoms with Crippen molar-refractivity contribution in [2.75, 3.05) is 11.9 Å². The standard InChI is InChI=1S/C10H14IN3/c1-3-13-10(12)14-9-6-8(11)5-4-7(9)2/h4-6H,3H2,1-2H3,(H3,12,13,14). The number of hydrogen-bond acceptors (Lipinski definition) is 1. The molecule has 0 bridgehead atoms. The number of nitrogens with zero attached hydrogens (tertiary/aromatic N) is 1. The van der Waals surface area contributed by atoms with Crippen LogP contribution in [0.2, 0.25) is 0 Å². The largest absolute Gasteiger partial charge is 0.370 e. The molecule has 0 aromatic heterocycles. The zero-order valence-electron chi connectivity index (χ0n) is 8.34. The van der Waals surface area contributed by atoms with Crippen LogP contribution >= 0.6 is 22.6 Å². The van der Waals surface area contributed by atoms with E-state index in [1.165, 1.54) is 9.13 Å². The summed E-state index contributed by atoms with van der Waals surface area (Å²) in [6.07, 6.45) is 0. The Morgan fingerprint density at radius 1 is 1.57 bits per heavy atom. The fraction of sp³-hybridized carbons (Fsp3) is 0.300. The van der Waals surface area contributed by atoms with Crippen molar-refractivity contribution >= 4 is 34.2 Å². The van der Waals surface area contributed by atoms with E-state index in [4.69, 9.17) is 5.73 Å². The highest BCUT2D eigenvalue weighted by Crippen LogP contribution is 2.17. The van der Waals surface area contributed by atoms with Crippen LogP contribution in [-0.2, 0) is 0 Å². The molecule has 1 rings (SSSR count). The summed E-state index contributed by atoms with van der Waals surface area (Å²) >= 11 is 2.27. The van der Waals surface area contributed by atoms with Gasteiger partial charge < -0.3 is 11.1 Å². The van der Waals surface area contributed by atoms with Crippen molar-refractivity contribution in [3.05, 3.63) is 27.3 Å². The highest BCUT2D eigenvalue weighted by molar-refractivity contribution is 14.1. The van der Waals surface area contributed by atoms with E-state index in [1.807, 2.05) is 19.9 Å². The van der Waals surface area contributed by atoms with E-state index < -0.39 is 0 Å². The summed E-state index contributed by atoms with van der Waals surface area (Å²) in [5.41, 5.74) is 7.86. The van der Waals surface area contributed by atoms with Gasteiger partial charge in [0.25, 0.3) is 0 Å². The van der Waals surface area contributed by atoms with Crippen LogP contribution in [0.1, 0.15) is 12.5 Å². The zero-order chi connectivity index (χ0) is 10.6. The summed E-state index contributed by atoms with van der Waals surface area (Å²) in [5.74, 6) is 0.470. The van der Waals surface area contributed by atoms with Crippen LogP contribution in [0.4, 0.5) is 5.69 Å². The van der Waals surface area contributed by atoms with E-state index in [0.29, 0.717) is 12.5 Å². The molecule has 0 spiro atoms. The predicted octanol–water partition coefficient (Wildman–Crippen LogP) is 2.35. The lowest BCUT2D eigenvalue weighted by Crippen LogP contribution is -2.23. The van der Waals surface area contributed by atoms with Crippen molar-refractivity contribution in [1.82, 2.24) is 0 Å². The molecule has 14 heavy (non-hydrogen) atoms. The average molecular weight is 303 g/mol. The van der Waals surface area contributed by atoms with Crippen molar-refractivity contribution in [3.8, 4) is 0 Å². The first kappa shape index (κ1) is 11.3. The third-order valence-electron chi connectivity index (χ3n) is 1.79. The maximum Gasteiger partial charge on any atom is 0.193 e. The van der Waals surface area contributed by atoms with Crippen molar-refractivity contribution in [1.29, 1.82) is 0 Å². The van der Waals surface area contributed by atoms with E-state index >= 15 is 0 Å². The minimum Gasteiger partial charge on any atom is -0.370 e. The van der Waals surface area contributed by atoms with Gasteiger partial charge in [0.2, 0.25) is 0 Å². The zero-order valence-corrected chi connectivity index (χ0v) is 10.5. The van der Waals surface area contributed by atoms with Crippen LogP contribution in [0.25, 0.3) is 0 Å². The molecule has 4 heteroatoms. The maximum absolute atomic E-state index is 5.67. The first-order valence-electron chi connectivity index (χ1n) is 4.46. The van der Waals surface area contributed by atoms with Gasteiger partial charge >= 0.3 is 0 Å². The second kappa shape index (κ2) is 5.19. The van der Waals surface area contributed by atoms with Crippen molar-refractivity contribution < 1.29 is 0 Å². The average Bonchev–Trinajstić information content (AvgIpc) is 2.12. The Kier molecular flexibility index (Phi) is 4.19. The maximum atomic E-state index is 5.67. The number of rotatable bonds is 2. The molecule has 0 saturated carbocycles. The fourth-order valence-electron chi connectivity index (χ4n) is 1.08. The van der Waals surface area contributed by atoms with Gasteiger partial charge in [0.15, 0.2) is 5.96 Å². The third-order valence-corrected chi connectivity index (χ3v) is 2.46. The molecular formula is C10H14IN3. The van der Waals surface area contributed by atoms with Gasteiger partial charge in [0.1, 0.15) is 0 Å². The highest BCUT2D eigenvalue weighted by atomic mass is 127. The number of anilines is 1. The van der Waals surface area contributed by atoms with Gasteiger partial charge in [-0.3, -0.25) is 4.99 Å². The Hall–Kier alpha value is -0.780. The SMILES string of the molecule is CCN=C(N)Nc1cc(I)ccc1C. The number of nitrogens with two attached hydrogens (primary N) is 1. The normalized spacial score (nSPS) is 11.5. The van der Waals surface area contributed by atoms with Gasteiger partial charge in [0, 0.05) is 15.8 Å². The fourth-order valence-corrected chi connectivity index (χ4v) is 1.57. The Labute approximate surface area is 97.9 Å². The molecule has 0 unspecified atom stereocenters. The predicted molar refractivity (Wildman–Crippen MR) is 69.7 cm³/mol. The monoisotopic (exact) mass is 303 g/mol. The van der Waals surface area contributed by atoms with Crippen LogP contribution in [0.15, 0.2) is 23.2 Å². The Balaban J connectivity index is 2.85. The molecule has 3 nitrogen and oxygen atoms in total. The number of guanidine groups is 1. The number of nitrogens with one attached hydrogen (secondary N) is 1.